The van der Waals surface area contributed by atoms with Gasteiger partial charge in [0.15, 0.2) is 8.32 Å². The molecular weight excluding hydrogens is 533 g/mol. The molecule has 6 nitrogen and oxygen atoms in total. The molecule has 1 aliphatic rings. The zero-order chi connectivity index (χ0) is 27.9. The van der Waals surface area contributed by atoms with E-state index in [4.69, 9.17) is 15.6 Å². The SMILES string of the molecule is C#Cc1cccc(CC(CCN2CCSC(=O)N2CCc2ccc(C(=O)OC)s2)O[Si](C)(C)C(C)(C)C)c1. The number of carbonyl (C=O) groups excluding carboxylic acids is 2. The highest BCUT2D eigenvalue weighted by molar-refractivity contribution is 8.13. The highest BCUT2D eigenvalue weighted by Crippen LogP contribution is 2.38. The molecule has 1 aromatic heterocycles. The highest BCUT2D eigenvalue weighted by atomic mass is 32.2. The summed E-state index contributed by atoms with van der Waals surface area (Å²) < 4.78 is 11.7. The van der Waals surface area contributed by atoms with Gasteiger partial charge >= 0.3 is 5.97 Å². The second-order valence-corrected chi connectivity index (χ2v) is 18.0. The lowest BCUT2D eigenvalue weighted by molar-refractivity contribution is 0.0161. The lowest BCUT2D eigenvalue weighted by Crippen LogP contribution is -2.51. The summed E-state index contributed by atoms with van der Waals surface area (Å²) in [6, 6.07) is 11.9. The Morgan fingerprint density at radius 3 is 2.66 bits per heavy atom. The van der Waals surface area contributed by atoms with E-state index in [0.717, 1.165) is 42.1 Å². The van der Waals surface area contributed by atoms with Crippen LogP contribution in [0.2, 0.25) is 18.1 Å². The van der Waals surface area contributed by atoms with Crippen molar-refractivity contribution in [2.24, 2.45) is 0 Å². The molecule has 0 spiro atoms. The van der Waals surface area contributed by atoms with Crippen molar-refractivity contribution in [3.63, 3.8) is 0 Å². The van der Waals surface area contributed by atoms with Crippen LogP contribution in [0.3, 0.4) is 0 Å². The molecule has 1 aliphatic heterocycles. The van der Waals surface area contributed by atoms with E-state index in [-0.39, 0.29) is 22.4 Å². The number of terminal acetylenes is 1. The quantitative estimate of drug-likeness (QED) is 0.175. The largest absolute Gasteiger partial charge is 0.465 e. The maximum atomic E-state index is 12.9. The third-order valence-corrected chi connectivity index (χ3v) is 13.8. The second kappa shape index (κ2) is 13.3. The van der Waals surface area contributed by atoms with E-state index in [2.05, 4.69) is 56.9 Å². The number of nitrogens with zero attached hydrogens (tertiary/aromatic N) is 2. The molecule has 0 bridgehead atoms. The summed E-state index contributed by atoms with van der Waals surface area (Å²) in [5.74, 6) is 3.18. The van der Waals surface area contributed by atoms with Crippen LogP contribution in [0.1, 0.15) is 52.9 Å². The molecular formula is C29H40N2O4S2Si. The maximum Gasteiger partial charge on any atom is 0.348 e. The standard InChI is InChI=1S/C29H40N2O4S2Si/c1-8-22-10-9-11-23(20-22)21-24(35-38(6,7)29(2,3)4)14-16-30-18-19-36-28(33)31(30)17-15-25-12-13-26(37-25)27(32)34-5/h1,9-13,20,24H,14-19,21H2,2-7H3. The molecule has 2 heterocycles. The van der Waals surface area contributed by atoms with Crippen molar-refractivity contribution in [2.45, 2.75) is 64.3 Å². The van der Waals surface area contributed by atoms with Gasteiger partial charge in [-0.2, -0.15) is 0 Å². The van der Waals surface area contributed by atoms with Gasteiger partial charge in [0.25, 0.3) is 5.24 Å². The Morgan fingerprint density at radius 2 is 1.97 bits per heavy atom. The Labute approximate surface area is 237 Å². The lowest BCUT2D eigenvalue weighted by Gasteiger charge is -2.41. The number of esters is 1. The van der Waals surface area contributed by atoms with E-state index >= 15 is 0 Å². The van der Waals surface area contributed by atoms with Gasteiger partial charge in [-0.1, -0.05) is 50.6 Å². The van der Waals surface area contributed by atoms with E-state index in [1.807, 2.05) is 23.2 Å². The number of hydrazine groups is 1. The van der Waals surface area contributed by atoms with Crippen LogP contribution >= 0.6 is 23.1 Å². The van der Waals surface area contributed by atoms with Crippen molar-refractivity contribution in [3.8, 4) is 12.3 Å². The number of amides is 1. The van der Waals surface area contributed by atoms with Gasteiger partial charge in [0.2, 0.25) is 0 Å². The Balaban J connectivity index is 1.71. The first kappa shape index (κ1) is 30.4. The highest BCUT2D eigenvalue weighted by Gasteiger charge is 2.39. The molecule has 1 saturated heterocycles. The number of thioether (sulfide) groups is 1. The lowest BCUT2D eigenvalue weighted by atomic mass is 10.0. The average molecular weight is 573 g/mol. The van der Waals surface area contributed by atoms with E-state index in [9.17, 15) is 9.59 Å². The van der Waals surface area contributed by atoms with Crippen LogP contribution in [0.5, 0.6) is 0 Å². The number of ether oxygens (including phenoxy) is 1. The van der Waals surface area contributed by atoms with Gasteiger partial charge in [0.05, 0.1) is 13.2 Å². The number of rotatable bonds is 11. The monoisotopic (exact) mass is 572 g/mol. The summed E-state index contributed by atoms with van der Waals surface area (Å²) in [7, 11) is -0.624. The van der Waals surface area contributed by atoms with Crippen molar-refractivity contribution in [1.29, 1.82) is 0 Å². The molecule has 0 N–H and O–H groups in total. The molecule has 1 amide bonds. The molecule has 1 atom stereocenters. The smallest absolute Gasteiger partial charge is 0.348 e. The normalized spacial score (nSPS) is 15.8. The van der Waals surface area contributed by atoms with Crippen LogP contribution in [0.25, 0.3) is 0 Å². The molecule has 0 radical (unpaired) electrons. The molecule has 1 unspecified atom stereocenters. The molecule has 0 aliphatic carbocycles. The van der Waals surface area contributed by atoms with E-state index in [0.29, 0.717) is 17.8 Å². The zero-order valence-electron chi connectivity index (χ0n) is 23.4. The Bertz CT molecular complexity index is 1150. The number of carbonyl (C=O) groups is 2. The summed E-state index contributed by atoms with van der Waals surface area (Å²) >= 11 is 2.79. The molecule has 1 aromatic carbocycles. The van der Waals surface area contributed by atoms with Crippen LogP contribution in [0.4, 0.5) is 4.79 Å². The first-order valence-electron chi connectivity index (χ1n) is 13.0. The van der Waals surface area contributed by atoms with Gasteiger partial charge in [0.1, 0.15) is 4.88 Å². The number of hydrogen-bond acceptors (Lipinski definition) is 7. The third-order valence-electron chi connectivity index (χ3n) is 7.28. The first-order chi connectivity index (χ1) is 17.9. The summed E-state index contributed by atoms with van der Waals surface area (Å²) in [6.45, 7) is 13.5. The summed E-state index contributed by atoms with van der Waals surface area (Å²) in [5, 5.41) is 4.21. The molecule has 9 heteroatoms. The predicted molar refractivity (Wildman–Crippen MR) is 160 cm³/mol. The fourth-order valence-corrected chi connectivity index (χ4v) is 7.23. The van der Waals surface area contributed by atoms with E-state index < -0.39 is 8.32 Å². The van der Waals surface area contributed by atoms with Gasteiger partial charge in [0, 0.05) is 42.2 Å². The fourth-order valence-electron chi connectivity index (χ4n) is 4.09. The molecule has 3 rings (SSSR count). The zero-order valence-corrected chi connectivity index (χ0v) is 26.0. The van der Waals surface area contributed by atoms with Crippen LogP contribution in [0.15, 0.2) is 36.4 Å². The molecule has 0 saturated carbocycles. The topological polar surface area (TPSA) is 59.1 Å². The van der Waals surface area contributed by atoms with Gasteiger partial charge < -0.3 is 9.16 Å². The first-order valence-corrected chi connectivity index (χ1v) is 17.7. The van der Waals surface area contributed by atoms with Crippen molar-refractivity contribution in [3.05, 3.63) is 57.3 Å². The number of benzene rings is 1. The van der Waals surface area contributed by atoms with Crippen molar-refractivity contribution in [1.82, 2.24) is 10.0 Å². The summed E-state index contributed by atoms with van der Waals surface area (Å²) in [4.78, 5) is 26.3. The van der Waals surface area contributed by atoms with Crippen LogP contribution < -0.4 is 0 Å². The number of methoxy groups -OCH3 is 1. The predicted octanol–water partition coefficient (Wildman–Crippen LogP) is 6.47. The van der Waals surface area contributed by atoms with Gasteiger partial charge in [-0.05, 0) is 60.8 Å². The minimum Gasteiger partial charge on any atom is -0.465 e. The van der Waals surface area contributed by atoms with Gasteiger partial charge in [-0.15, -0.1) is 17.8 Å². The summed E-state index contributed by atoms with van der Waals surface area (Å²) in [6.07, 6.45) is 7.95. The fraction of sp³-hybridized carbons (Fsp3) is 0.517. The van der Waals surface area contributed by atoms with Crippen LogP contribution in [-0.4, -0.2) is 68.1 Å². The van der Waals surface area contributed by atoms with E-state index in [1.54, 1.807) is 6.07 Å². The number of thiophene rings is 1. The number of hydrogen-bond donors (Lipinski definition) is 0. The Kier molecular flexibility index (Phi) is 10.7. The second-order valence-electron chi connectivity index (χ2n) is 11.0. The minimum atomic E-state index is -2.01. The minimum absolute atomic E-state index is 0.0235. The van der Waals surface area contributed by atoms with Gasteiger partial charge in [-0.3, -0.25) is 9.80 Å². The molecule has 2 aromatic rings. The summed E-state index contributed by atoms with van der Waals surface area (Å²) in [5.41, 5.74) is 2.05. The molecule has 38 heavy (non-hydrogen) atoms. The third kappa shape index (κ3) is 8.20. The molecule has 206 valence electrons. The van der Waals surface area contributed by atoms with Crippen molar-refractivity contribution >= 4 is 42.6 Å². The van der Waals surface area contributed by atoms with Crippen molar-refractivity contribution < 1.29 is 18.8 Å². The Hall–Kier alpha value is -2.09. The van der Waals surface area contributed by atoms with E-state index in [1.165, 1.54) is 35.8 Å². The van der Waals surface area contributed by atoms with Crippen LogP contribution in [0, 0.1) is 12.3 Å². The maximum absolute atomic E-state index is 12.9. The van der Waals surface area contributed by atoms with Gasteiger partial charge in [-0.25, -0.2) is 9.80 Å². The van der Waals surface area contributed by atoms with Crippen molar-refractivity contribution in [2.75, 3.05) is 32.5 Å². The van der Waals surface area contributed by atoms with Crippen LogP contribution in [-0.2, 0) is 22.0 Å². The average Bonchev–Trinajstić information content (AvgIpc) is 3.34. The Morgan fingerprint density at radius 1 is 1.21 bits per heavy atom. The molecule has 1 fully saturated rings.